The van der Waals surface area contributed by atoms with Gasteiger partial charge >= 0.3 is 0 Å². The maximum absolute atomic E-state index is 11.0. The normalized spacial score (nSPS) is 44.8. The first-order valence-electron chi connectivity index (χ1n) is 7.43. The van der Waals surface area contributed by atoms with Gasteiger partial charge in [-0.3, -0.25) is 0 Å². The molecule has 0 bridgehead atoms. The number of rotatable bonds is 3. The highest BCUT2D eigenvalue weighted by Crippen LogP contribution is 2.48. The minimum absolute atomic E-state index is 0.289. The summed E-state index contributed by atoms with van der Waals surface area (Å²) >= 11 is 0. The van der Waals surface area contributed by atoms with Crippen LogP contribution in [-0.2, 0) is 0 Å². The van der Waals surface area contributed by atoms with Crippen LogP contribution in [0, 0.1) is 17.8 Å². The Labute approximate surface area is 101 Å². The van der Waals surface area contributed by atoms with Crippen LogP contribution in [0.3, 0.4) is 0 Å². The SMILES string of the molecule is CCC1CCCC(C2(O)CCCC2CC)C1. The Morgan fingerprint density at radius 1 is 1.06 bits per heavy atom. The summed E-state index contributed by atoms with van der Waals surface area (Å²) in [7, 11) is 0. The topological polar surface area (TPSA) is 20.2 Å². The lowest BCUT2D eigenvalue weighted by molar-refractivity contribution is -0.0720. The maximum Gasteiger partial charge on any atom is 0.0703 e. The first-order chi connectivity index (χ1) is 7.70. The van der Waals surface area contributed by atoms with E-state index in [9.17, 15) is 5.11 Å². The van der Waals surface area contributed by atoms with Crippen LogP contribution in [-0.4, -0.2) is 10.7 Å². The third kappa shape index (κ3) is 2.16. The monoisotopic (exact) mass is 224 g/mol. The molecular weight excluding hydrogens is 196 g/mol. The zero-order chi connectivity index (χ0) is 11.6. The number of hydrogen-bond donors (Lipinski definition) is 1. The second-order valence-corrected chi connectivity index (χ2v) is 6.13. The van der Waals surface area contributed by atoms with Crippen molar-refractivity contribution in [3.05, 3.63) is 0 Å². The zero-order valence-corrected chi connectivity index (χ0v) is 11.0. The first-order valence-corrected chi connectivity index (χ1v) is 7.43. The van der Waals surface area contributed by atoms with E-state index in [0.717, 1.165) is 12.3 Å². The zero-order valence-electron chi connectivity index (χ0n) is 11.0. The van der Waals surface area contributed by atoms with Crippen LogP contribution in [0.5, 0.6) is 0 Å². The molecule has 1 N–H and O–H groups in total. The predicted octanol–water partition coefficient (Wildman–Crippen LogP) is 4.14. The van der Waals surface area contributed by atoms with Crippen LogP contribution in [0.25, 0.3) is 0 Å². The van der Waals surface area contributed by atoms with Crippen LogP contribution >= 0.6 is 0 Å². The van der Waals surface area contributed by atoms with Crippen molar-refractivity contribution >= 4 is 0 Å². The summed E-state index contributed by atoms with van der Waals surface area (Å²) < 4.78 is 0. The smallest absolute Gasteiger partial charge is 0.0703 e. The van der Waals surface area contributed by atoms with E-state index >= 15 is 0 Å². The molecule has 0 aromatic heterocycles. The Balaban J connectivity index is 2.04. The van der Waals surface area contributed by atoms with E-state index in [4.69, 9.17) is 0 Å². The Bertz CT molecular complexity index is 225. The summed E-state index contributed by atoms with van der Waals surface area (Å²) in [5.41, 5.74) is -0.289. The lowest BCUT2D eigenvalue weighted by Gasteiger charge is -2.42. The molecule has 94 valence electrons. The standard InChI is InChI=1S/C15H28O/c1-3-12-7-5-8-14(11-12)15(16)10-6-9-13(15)4-2/h12-14,16H,3-11H2,1-2H3. The van der Waals surface area contributed by atoms with Crippen LogP contribution in [0.4, 0.5) is 0 Å². The molecule has 2 fully saturated rings. The van der Waals surface area contributed by atoms with Gasteiger partial charge in [0, 0.05) is 0 Å². The van der Waals surface area contributed by atoms with Crippen molar-refractivity contribution in [1.29, 1.82) is 0 Å². The van der Waals surface area contributed by atoms with Gasteiger partial charge in [0.05, 0.1) is 5.60 Å². The largest absolute Gasteiger partial charge is 0.389 e. The molecule has 0 aromatic rings. The van der Waals surface area contributed by atoms with E-state index < -0.39 is 0 Å². The van der Waals surface area contributed by atoms with Gasteiger partial charge in [-0.1, -0.05) is 46.0 Å². The fourth-order valence-corrected chi connectivity index (χ4v) is 4.30. The van der Waals surface area contributed by atoms with E-state index in [1.165, 1.54) is 51.4 Å². The van der Waals surface area contributed by atoms with Gasteiger partial charge < -0.3 is 5.11 Å². The minimum atomic E-state index is -0.289. The molecule has 16 heavy (non-hydrogen) atoms. The molecule has 1 heteroatoms. The Kier molecular flexibility index (Phi) is 3.94. The Morgan fingerprint density at radius 2 is 1.88 bits per heavy atom. The molecule has 0 saturated heterocycles. The van der Waals surface area contributed by atoms with Crippen molar-refractivity contribution in [2.75, 3.05) is 0 Å². The average Bonchev–Trinajstić information content (AvgIpc) is 2.72. The van der Waals surface area contributed by atoms with Crippen molar-refractivity contribution in [1.82, 2.24) is 0 Å². The molecule has 4 atom stereocenters. The summed E-state index contributed by atoms with van der Waals surface area (Å²) in [4.78, 5) is 0. The molecule has 0 spiro atoms. The van der Waals surface area contributed by atoms with Gasteiger partial charge in [0.15, 0.2) is 0 Å². The molecule has 0 heterocycles. The maximum atomic E-state index is 11.0. The molecule has 0 amide bonds. The fourth-order valence-electron chi connectivity index (χ4n) is 4.30. The van der Waals surface area contributed by atoms with Gasteiger partial charge in [0.2, 0.25) is 0 Å². The van der Waals surface area contributed by atoms with Crippen molar-refractivity contribution < 1.29 is 5.11 Å². The summed E-state index contributed by atoms with van der Waals surface area (Å²) in [5.74, 6) is 2.09. The van der Waals surface area contributed by atoms with E-state index in [-0.39, 0.29) is 5.60 Å². The molecule has 2 aliphatic carbocycles. The third-order valence-corrected chi connectivity index (χ3v) is 5.40. The van der Waals surface area contributed by atoms with Crippen LogP contribution in [0.2, 0.25) is 0 Å². The summed E-state index contributed by atoms with van der Waals surface area (Å²) in [6.07, 6.45) is 11.4. The molecule has 2 rings (SSSR count). The fraction of sp³-hybridized carbons (Fsp3) is 1.00. The number of aliphatic hydroxyl groups is 1. The Hall–Kier alpha value is -0.0400. The van der Waals surface area contributed by atoms with E-state index in [0.29, 0.717) is 11.8 Å². The van der Waals surface area contributed by atoms with Gasteiger partial charge in [-0.25, -0.2) is 0 Å². The van der Waals surface area contributed by atoms with Gasteiger partial charge in [0.1, 0.15) is 0 Å². The van der Waals surface area contributed by atoms with Crippen LogP contribution in [0.1, 0.15) is 71.6 Å². The highest BCUT2D eigenvalue weighted by molar-refractivity contribution is 4.98. The van der Waals surface area contributed by atoms with Gasteiger partial charge in [0.25, 0.3) is 0 Å². The molecule has 0 aromatic carbocycles. The highest BCUT2D eigenvalue weighted by atomic mass is 16.3. The molecule has 0 radical (unpaired) electrons. The van der Waals surface area contributed by atoms with Gasteiger partial charge in [-0.05, 0) is 43.4 Å². The summed E-state index contributed by atoms with van der Waals surface area (Å²) in [6, 6.07) is 0. The molecule has 1 nitrogen and oxygen atoms in total. The van der Waals surface area contributed by atoms with Crippen molar-refractivity contribution in [2.24, 2.45) is 17.8 Å². The van der Waals surface area contributed by atoms with Crippen molar-refractivity contribution in [2.45, 2.75) is 77.2 Å². The second kappa shape index (κ2) is 5.08. The van der Waals surface area contributed by atoms with E-state index in [1.807, 2.05) is 0 Å². The second-order valence-electron chi connectivity index (χ2n) is 6.13. The minimum Gasteiger partial charge on any atom is -0.389 e. The lowest BCUT2D eigenvalue weighted by atomic mass is 9.68. The summed E-state index contributed by atoms with van der Waals surface area (Å²) in [5, 5.41) is 11.0. The molecular formula is C15H28O. The van der Waals surface area contributed by atoms with E-state index in [1.54, 1.807) is 0 Å². The highest BCUT2D eigenvalue weighted by Gasteiger charge is 2.46. The molecule has 4 unspecified atom stereocenters. The quantitative estimate of drug-likeness (QED) is 0.763. The predicted molar refractivity (Wildman–Crippen MR) is 68.3 cm³/mol. The lowest BCUT2D eigenvalue weighted by Crippen LogP contribution is -2.43. The summed E-state index contributed by atoms with van der Waals surface area (Å²) in [6.45, 7) is 4.56. The Morgan fingerprint density at radius 3 is 2.56 bits per heavy atom. The molecule has 2 aliphatic rings. The van der Waals surface area contributed by atoms with Gasteiger partial charge in [-0.15, -0.1) is 0 Å². The van der Waals surface area contributed by atoms with Crippen molar-refractivity contribution in [3.8, 4) is 0 Å². The number of hydrogen-bond acceptors (Lipinski definition) is 1. The van der Waals surface area contributed by atoms with E-state index in [2.05, 4.69) is 13.8 Å². The third-order valence-electron chi connectivity index (χ3n) is 5.40. The van der Waals surface area contributed by atoms with Crippen LogP contribution < -0.4 is 0 Å². The van der Waals surface area contributed by atoms with Gasteiger partial charge in [-0.2, -0.15) is 0 Å². The molecule has 0 aliphatic heterocycles. The molecule has 2 saturated carbocycles. The first kappa shape index (κ1) is 12.4. The average molecular weight is 224 g/mol. The van der Waals surface area contributed by atoms with Crippen LogP contribution in [0.15, 0.2) is 0 Å². The van der Waals surface area contributed by atoms with Crippen molar-refractivity contribution in [3.63, 3.8) is 0 Å².